The third kappa shape index (κ3) is 2.68. The van der Waals surface area contributed by atoms with Gasteiger partial charge in [0.15, 0.2) is 0 Å². The van der Waals surface area contributed by atoms with Crippen LogP contribution in [0.2, 0.25) is 0 Å². The van der Waals surface area contributed by atoms with Crippen molar-refractivity contribution < 1.29 is 4.39 Å². The first-order chi connectivity index (χ1) is 10.5. The highest BCUT2D eigenvalue weighted by Gasteiger charge is 2.17. The van der Waals surface area contributed by atoms with Gasteiger partial charge in [0.2, 0.25) is 0 Å². The molecule has 0 amide bonds. The van der Waals surface area contributed by atoms with E-state index >= 15 is 0 Å². The summed E-state index contributed by atoms with van der Waals surface area (Å²) in [4.78, 5) is 22.1. The van der Waals surface area contributed by atoms with Crippen LogP contribution < -0.4 is 5.56 Å². The minimum absolute atomic E-state index is 0.122. The molecule has 3 rings (SSSR count). The van der Waals surface area contributed by atoms with Crippen LogP contribution in [0.25, 0.3) is 10.2 Å². The molecule has 2 aromatic heterocycles. The van der Waals surface area contributed by atoms with E-state index < -0.39 is 0 Å². The number of hydrogen-bond donors (Lipinski definition) is 1. The van der Waals surface area contributed by atoms with E-state index in [9.17, 15) is 9.18 Å². The number of fused-ring (bicyclic) bond motifs is 1. The summed E-state index contributed by atoms with van der Waals surface area (Å²) in [6.07, 6.45) is 0. The summed E-state index contributed by atoms with van der Waals surface area (Å²) in [6.45, 7) is 5.83. The molecule has 0 fully saturated rings. The first kappa shape index (κ1) is 15.2. The molecule has 3 aromatic rings. The highest BCUT2D eigenvalue weighted by atomic mass is 32.2. The first-order valence-electron chi connectivity index (χ1n) is 6.88. The molecule has 6 heteroatoms. The van der Waals surface area contributed by atoms with Gasteiger partial charge >= 0.3 is 0 Å². The average molecular weight is 334 g/mol. The van der Waals surface area contributed by atoms with Gasteiger partial charge in [0.1, 0.15) is 16.5 Å². The number of aryl methyl sites for hydroxylation is 2. The normalized spacial score (nSPS) is 12.7. The minimum atomic E-state index is -0.259. The predicted octanol–water partition coefficient (Wildman–Crippen LogP) is 4.59. The monoisotopic (exact) mass is 334 g/mol. The maximum atomic E-state index is 13.7. The van der Waals surface area contributed by atoms with Crippen LogP contribution in [0.15, 0.2) is 34.0 Å². The van der Waals surface area contributed by atoms with E-state index in [1.54, 1.807) is 18.2 Å². The van der Waals surface area contributed by atoms with Crippen LogP contribution in [-0.2, 0) is 0 Å². The molecule has 0 aliphatic carbocycles. The lowest BCUT2D eigenvalue weighted by atomic mass is 10.2. The number of hydrogen-bond acceptors (Lipinski definition) is 4. The van der Waals surface area contributed by atoms with Crippen LogP contribution in [0.1, 0.15) is 28.4 Å². The molecule has 1 N–H and O–H groups in total. The maximum absolute atomic E-state index is 13.7. The molecule has 0 saturated carbocycles. The Morgan fingerprint density at radius 2 is 2.05 bits per heavy atom. The third-order valence-corrected chi connectivity index (χ3v) is 5.85. The van der Waals surface area contributed by atoms with Crippen LogP contribution >= 0.6 is 23.1 Å². The van der Waals surface area contributed by atoms with Crippen molar-refractivity contribution in [3.63, 3.8) is 0 Å². The van der Waals surface area contributed by atoms with E-state index in [1.165, 1.54) is 29.2 Å². The number of H-pyrrole nitrogens is 1. The van der Waals surface area contributed by atoms with Gasteiger partial charge in [-0.05, 0) is 38.5 Å². The second-order valence-electron chi connectivity index (χ2n) is 5.11. The number of thioether (sulfide) groups is 1. The highest BCUT2D eigenvalue weighted by molar-refractivity contribution is 7.99. The molecule has 22 heavy (non-hydrogen) atoms. The topological polar surface area (TPSA) is 45.8 Å². The number of nitrogens with one attached hydrogen (secondary N) is 1. The van der Waals surface area contributed by atoms with E-state index in [2.05, 4.69) is 9.97 Å². The van der Waals surface area contributed by atoms with Gasteiger partial charge in [0, 0.05) is 9.77 Å². The van der Waals surface area contributed by atoms with Gasteiger partial charge in [-0.3, -0.25) is 4.79 Å². The first-order valence-corrected chi connectivity index (χ1v) is 8.58. The van der Waals surface area contributed by atoms with Crippen molar-refractivity contribution in [3.05, 3.63) is 56.7 Å². The van der Waals surface area contributed by atoms with E-state index in [0.717, 1.165) is 15.3 Å². The molecule has 3 nitrogen and oxygen atoms in total. The van der Waals surface area contributed by atoms with Crippen molar-refractivity contribution in [1.82, 2.24) is 9.97 Å². The van der Waals surface area contributed by atoms with Gasteiger partial charge in [0.25, 0.3) is 5.56 Å². The van der Waals surface area contributed by atoms with Crippen molar-refractivity contribution in [3.8, 4) is 0 Å². The van der Waals surface area contributed by atoms with Gasteiger partial charge in [-0.1, -0.05) is 12.1 Å². The highest BCUT2D eigenvalue weighted by Crippen LogP contribution is 2.35. The zero-order chi connectivity index (χ0) is 15.9. The Labute approximate surface area is 135 Å². The number of benzene rings is 1. The molecule has 0 aliphatic heterocycles. The molecule has 0 saturated heterocycles. The minimum Gasteiger partial charge on any atom is -0.309 e. The Balaban J connectivity index is 2.00. The third-order valence-electron chi connectivity index (χ3n) is 3.58. The number of nitrogens with zero attached hydrogens (tertiary/aromatic N) is 1. The average Bonchev–Trinajstić information content (AvgIpc) is 2.76. The lowest BCUT2D eigenvalue weighted by molar-refractivity contribution is 0.601. The molecule has 0 radical (unpaired) electrons. The van der Waals surface area contributed by atoms with Crippen LogP contribution in [0.3, 0.4) is 0 Å². The molecule has 0 unspecified atom stereocenters. The Kier molecular flexibility index (Phi) is 4.06. The van der Waals surface area contributed by atoms with Crippen molar-refractivity contribution in [2.45, 2.75) is 30.9 Å². The summed E-state index contributed by atoms with van der Waals surface area (Å²) in [5.74, 6) is 0.317. The molecule has 1 atom stereocenters. The fourth-order valence-electron chi connectivity index (χ4n) is 2.25. The molecule has 2 heterocycles. The zero-order valence-electron chi connectivity index (χ0n) is 12.4. The Bertz CT molecular complexity index is 901. The predicted molar refractivity (Wildman–Crippen MR) is 90.4 cm³/mol. The Hall–Kier alpha value is -1.66. The lowest BCUT2D eigenvalue weighted by Crippen LogP contribution is -2.12. The van der Waals surface area contributed by atoms with Crippen LogP contribution in [0.4, 0.5) is 4.39 Å². The summed E-state index contributed by atoms with van der Waals surface area (Å²) in [7, 11) is 0. The SMILES string of the molecule is Cc1sc2nc([C@@H](C)Sc3ccccc3F)[nH]c(=O)c2c1C. The molecule has 0 spiro atoms. The zero-order valence-corrected chi connectivity index (χ0v) is 14.1. The molecule has 0 aliphatic rings. The van der Waals surface area contributed by atoms with Gasteiger partial charge in [0.05, 0.1) is 10.6 Å². The van der Waals surface area contributed by atoms with Crippen LogP contribution in [0, 0.1) is 19.7 Å². The fraction of sp³-hybridized carbons (Fsp3) is 0.250. The molecule has 114 valence electrons. The smallest absolute Gasteiger partial charge is 0.259 e. The fourth-order valence-corrected chi connectivity index (χ4v) is 4.23. The molecular weight excluding hydrogens is 319 g/mol. The molecule has 1 aromatic carbocycles. The Morgan fingerprint density at radius 3 is 2.77 bits per heavy atom. The molecule has 0 bridgehead atoms. The van der Waals surface area contributed by atoms with Gasteiger partial charge in [-0.15, -0.1) is 23.1 Å². The van der Waals surface area contributed by atoms with E-state index in [1.807, 2.05) is 20.8 Å². The number of halogens is 1. The number of rotatable bonds is 3. The van der Waals surface area contributed by atoms with Gasteiger partial charge in [-0.2, -0.15) is 0 Å². The van der Waals surface area contributed by atoms with Crippen molar-refractivity contribution in [2.75, 3.05) is 0 Å². The molecular formula is C16H15FN2OS2. The maximum Gasteiger partial charge on any atom is 0.259 e. The van der Waals surface area contributed by atoms with E-state index in [-0.39, 0.29) is 16.6 Å². The Morgan fingerprint density at radius 1 is 1.32 bits per heavy atom. The van der Waals surface area contributed by atoms with Crippen LogP contribution in [0.5, 0.6) is 0 Å². The number of aromatic nitrogens is 2. The van der Waals surface area contributed by atoms with Crippen molar-refractivity contribution in [2.24, 2.45) is 0 Å². The van der Waals surface area contributed by atoms with Crippen molar-refractivity contribution in [1.29, 1.82) is 0 Å². The van der Waals surface area contributed by atoms with Gasteiger partial charge in [-0.25, -0.2) is 9.37 Å². The summed E-state index contributed by atoms with van der Waals surface area (Å²) in [5.41, 5.74) is 0.859. The number of thiophene rings is 1. The second-order valence-corrected chi connectivity index (χ2v) is 7.69. The van der Waals surface area contributed by atoms with Crippen LogP contribution in [-0.4, -0.2) is 9.97 Å². The summed E-state index contributed by atoms with van der Waals surface area (Å²) in [6, 6.07) is 6.61. The largest absolute Gasteiger partial charge is 0.309 e. The van der Waals surface area contributed by atoms with E-state index in [0.29, 0.717) is 16.1 Å². The van der Waals surface area contributed by atoms with E-state index in [4.69, 9.17) is 0 Å². The summed E-state index contributed by atoms with van der Waals surface area (Å²) in [5, 5.41) is 0.519. The number of aromatic amines is 1. The van der Waals surface area contributed by atoms with Crippen molar-refractivity contribution >= 4 is 33.3 Å². The quantitative estimate of drug-likeness (QED) is 0.712. The second kappa shape index (κ2) is 5.85. The standard InChI is InChI=1S/C16H15FN2OS2/c1-8-9(2)22-16-13(8)15(20)18-14(19-16)10(3)21-12-7-5-4-6-11(12)17/h4-7,10H,1-3H3,(H,18,19,20)/t10-/m1/s1. The summed E-state index contributed by atoms with van der Waals surface area (Å²) >= 11 is 2.87. The summed E-state index contributed by atoms with van der Waals surface area (Å²) < 4.78 is 13.7. The van der Waals surface area contributed by atoms with Gasteiger partial charge < -0.3 is 4.98 Å². The lowest BCUT2D eigenvalue weighted by Gasteiger charge is -2.11.